The molecular formula is C19H30N6S. The number of hydrogen-bond acceptors (Lipinski definition) is 4. The van der Waals surface area contributed by atoms with Crippen LogP contribution in [-0.2, 0) is 20.0 Å². The Morgan fingerprint density at radius 1 is 1.38 bits per heavy atom. The molecule has 0 bridgehead atoms. The molecule has 142 valence electrons. The topological polar surface area (TPSA) is 67.1 Å². The Balaban J connectivity index is 1.61. The van der Waals surface area contributed by atoms with Gasteiger partial charge in [-0.25, -0.2) is 4.99 Å². The molecule has 6 nitrogen and oxygen atoms in total. The highest BCUT2D eigenvalue weighted by Crippen LogP contribution is 2.23. The fourth-order valence-electron chi connectivity index (χ4n) is 3.41. The standard InChI is InChI=1S/C19H30N6S/c1-14-6-4-7-16(12-14)22-19(20-10-9-17-8-5-11-26-17)21-13-18-24-23-15(2)25(18)3/h5,8,11,14,16H,4,6-7,9-10,12-13H2,1-3H3,(H2,20,21,22). The van der Waals surface area contributed by atoms with Gasteiger partial charge in [0.15, 0.2) is 11.8 Å². The van der Waals surface area contributed by atoms with E-state index in [-0.39, 0.29) is 0 Å². The van der Waals surface area contributed by atoms with E-state index in [0.717, 1.165) is 36.5 Å². The van der Waals surface area contributed by atoms with Gasteiger partial charge in [-0.05, 0) is 43.6 Å². The van der Waals surface area contributed by atoms with Gasteiger partial charge in [0.1, 0.15) is 12.4 Å². The van der Waals surface area contributed by atoms with E-state index in [1.165, 1.54) is 30.6 Å². The van der Waals surface area contributed by atoms with Gasteiger partial charge in [-0.2, -0.15) is 0 Å². The first-order valence-electron chi connectivity index (χ1n) is 9.54. The Bertz CT molecular complexity index is 706. The molecule has 1 aliphatic carbocycles. The van der Waals surface area contributed by atoms with E-state index >= 15 is 0 Å². The van der Waals surface area contributed by atoms with Crippen molar-refractivity contribution in [3.05, 3.63) is 34.0 Å². The Hall–Kier alpha value is -1.89. The summed E-state index contributed by atoms with van der Waals surface area (Å²) in [5.41, 5.74) is 0. The molecule has 2 unspecified atom stereocenters. The Kier molecular flexibility index (Phi) is 6.66. The second-order valence-corrected chi connectivity index (χ2v) is 8.29. The van der Waals surface area contributed by atoms with Gasteiger partial charge in [0.2, 0.25) is 0 Å². The number of aryl methyl sites for hydroxylation is 1. The van der Waals surface area contributed by atoms with E-state index in [1.807, 2.05) is 18.5 Å². The van der Waals surface area contributed by atoms with Crippen LogP contribution in [0.25, 0.3) is 0 Å². The normalized spacial score (nSPS) is 21.0. The van der Waals surface area contributed by atoms with Crippen molar-refractivity contribution in [1.82, 2.24) is 25.4 Å². The molecule has 0 aliphatic heterocycles. The van der Waals surface area contributed by atoms with Crippen LogP contribution in [0.2, 0.25) is 0 Å². The molecule has 2 heterocycles. The lowest BCUT2D eigenvalue weighted by Gasteiger charge is -2.29. The zero-order valence-corrected chi connectivity index (χ0v) is 16.9. The van der Waals surface area contributed by atoms with Crippen molar-refractivity contribution in [2.45, 2.75) is 58.5 Å². The summed E-state index contributed by atoms with van der Waals surface area (Å²) in [7, 11) is 1.99. The fraction of sp³-hybridized carbons (Fsp3) is 0.632. The van der Waals surface area contributed by atoms with Crippen molar-refractivity contribution >= 4 is 17.3 Å². The molecule has 7 heteroatoms. The predicted octanol–water partition coefficient (Wildman–Crippen LogP) is 3.04. The fourth-order valence-corrected chi connectivity index (χ4v) is 4.12. The van der Waals surface area contributed by atoms with Gasteiger partial charge in [0.25, 0.3) is 0 Å². The molecule has 2 N–H and O–H groups in total. The summed E-state index contributed by atoms with van der Waals surface area (Å²) in [5, 5.41) is 17.6. The summed E-state index contributed by atoms with van der Waals surface area (Å²) >= 11 is 1.80. The molecule has 0 spiro atoms. The number of guanidine groups is 1. The van der Waals surface area contributed by atoms with Crippen LogP contribution in [0.3, 0.4) is 0 Å². The second kappa shape index (κ2) is 9.16. The third-order valence-corrected chi connectivity index (χ3v) is 6.02. The third-order valence-electron chi connectivity index (χ3n) is 5.08. The lowest BCUT2D eigenvalue weighted by Crippen LogP contribution is -2.45. The molecule has 0 radical (unpaired) electrons. The first-order chi connectivity index (χ1) is 12.6. The monoisotopic (exact) mass is 374 g/mol. The molecule has 3 rings (SSSR count). The molecule has 2 aromatic rings. The molecule has 1 aliphatic rings. The van der Waals surface area contributed by atoms with Gasteiger partial charge in [-0.1, -0.05) is 25.8 Å². The average molecular weight is 375 g/mol. The van der Waals surface area contributed by atoms with Crippen LogP contribution in [0.15, 0.2) is 22.5 Å². The van der Waals surface area contributed by atoms with Crippen molar-refractivity contribution in [1.29, 1.82) is 0 Å². The second-order valence-electron chi connectivity index (χ2n) is 7.26. The number of hydrogen-bond donors (Lipinski definition) is 2. The maximum absolute atomic E-state index is 4.78. The van der Waals surface area contributed by atoms with Crippen LogP contribution in [0, 0.1) is 12.8 Å². The summed E-state index contributed by atoms with van der Waals surface area (Å²) < 4.78 is 2.00. The van der Waals surface area contributed by atoms with Gasteiger partial charge in [-0.3, -0.25) is 0 Å². The van der Waals surface area contributed by atoms with Crippen molar-refractivity contribution in [2.24, 2.45) is 18.0 Å². The van der Waals surface area contributed by atoms with Gasteiger partial charge in [-0.15, -0.1) is 21.5 Å². The highest BCUT2D eigenvalue weighted by molar-refractivity contribution is 7.09. The third kappa shape index (κ3) is 5.30. The summed E-state index contributed by atoms with van der Waals surface area (Å²) in [6, 6.07) is 4.79. The Morgan fingerprint density at radius 2 is 2.27 bits per heavy atom. The number of nitrogens with one attached hydrogen (secondary N) is 2. The first-order valence-corrected chi connectivity index (χ1v) is 10.4. The van der Waals surface area contributed by atoms with Crippen LogP contribution in [-0.4, -0.2) is 33.3 Å². The largest absolute Gasteiger partial charge is 0.356 e. The highest BCUT2D eigenvalue weighted by Gasteiger charge is 2.19. The van der Waals surface area contributed by atoms with E-state index in [1.54, 1.807) is 11.3 Å². The molecule has 0 saturated heterocycles. The molecule has 26 heavy (non-hydrogen) atoms. The van der Waals surface area contributed by atoms with Gasteiger partial charge in [0.05, 0.1) is 0 Å². The van der Waals surface area contributed by atoms with Crippen molar-refractivity contribution in [3.63, 3.8) is 0 Å². The van der Waals surface area contributed by atoms with Crippen molar-refractivity contribution in [2.75, 3.05) is 6.54 Å². The first kappa shape index (κ1) is 18.9. The van der Waals surface area contributed by atoms with E-state index in [9.17, 15) is 0 Å². The van der Waals surface area contributed by atoms with Crippen molar-refractivity contribution < 1.29 is 0 Å². The molecule has 1 saturated carbocycles. The molecule has 0 amide bonds. The Morgan fingerprint density at radius 3 is 2.96 bits per heavy atom. The zero-order valence-electron chi connectivity index (χ0n) is 16.0. The zero-order chi connectivity index (χ0) is 18.4. The number of thiophene rings is 1. The van der Waals surface area contributed by atoms with Crippen LogP contribution < -0.4 is 10.6 Å². The summed E-state index contributed by atoms with van der Waals surface area (Å²) in [5.74, 6) is 3.48. The number of aromatic nitrogens is 3. The molecular weight excluding hydrogens is 344 g/mol. The van der Waals surface area contributed by atoms with Crippen LogP contribution in [0.4, 0.5) is 0 Å². The van der Waals surface area contributed by atoms with E-state index in [4.69, 9.17) is 4.99 Å². The van der Waals surface area contributed by atoms with Crippen LogP contribution >= 0.6 is 11.3 Å². The van der Waals surface area contributed by atoms with Crippen LogP contribution in [0.5, 0.6) is 0 Å². The smallest absolute Gasteiger partial charge is 0.191 e. The number of aliphatic imine (C=N–C) groups is 1. The lowest BCUT2D eigenvalue weighted by molar-refractivity contribution is 0.324. The van der Waals surface area contributed by atoms with Crippen molar-refractivity contribution in [3.8, 4) is 0 Å². The maximum atomic E-state index is 4.78. The minimum absolute atomic E-state index is 0.507. The Labute approximate surface area is 160 Å². The van der Waals surface area contributed by atoms with E-state index < -0.39 is 0 Å². The molecule has 0 aromatic carbocycles. The minimum Gasteiger partial charge on any atom is -0.356 e. The minimum atomic E-state index is 0.507. The van der Waals surface area contributed by atoms with Gasteiger partial charge in [0, 0.05) is 24.5 Å². The highest BCUT2D eigenvalue weighted by atomic mass is 32.1. The molecule has 2 aromatic heterocycles. The van der Waals surface area contributed by atoms with E-state index in [0.29, 0.717) is 12.6 Å². The average Bonchev–Trinajstić information content (AvgIpc) is 3.24. The van der Waals surface area contributed by atoms with Gasteiger partial charge < -0.3 is 15.2 Å². The number of nitrogens with zero attached hydrogens (tertiary/aromatic N) is 4. The predicted molar refractivity (Wildman–Crippen MR) is 107 cm³/mol. The maximum Gasteiger partial charge on any atom is 0.191 e. The van der Waals surface area contributed by atoms with E-state index in [2.05, 4.69) is 45.3 Å². The SMILES string of the molecule is Cc1nnc(CN=C(NCCc2cccs2)NC2CCCC(C)C2)n1C. The summed E-state index contributed by atoms with van der Waals surface area (Å²) in [6.45, 7) is 5.72. The van der Waals surface area contributed by atoms with Gasteiger partial charge >= 0.3 is 0 Å². The number of rotatable bonds is 6. The molecule has 2 atom stereocenters. The summed E-state index contributed by atoms with van der Waals surface area (Å²) in [6.07, 6.45) is 6.09. The quantitative estimate of drug-likeness (QED) is 0.602. The summed E-state index contributed by atoms with van der Waals surface area (Å²) in [4.78, 5) is 6.18. The van der Waals surface area contributed by atoms with Crippen LogP contribution in [0.1, 0.15) is 49.1 Å². The molecule has 1 fully saturated rings. The lowest BCUT2D eigenvalue weighted by atomic mass is 9.87.